The molecule has 0 radical (unpaired) electrons. The minimum Gasteiger partial charge on any atom is -0.396 e. The van der Waals surface area contributed by atoms with E-state index in [1.807, 2.05) is 6.92 Å². The monoisotopic (exact) mass is 261 g/mol. The summed E-state index contributed by atoms with van der Waals surface area (Å²) in [5.41, 5.74) is 2.29. The Bertz CT molecular complexity index is 447. The predicted octanol–water partition coefficient (Wildman–Crippen LogP) is 2.63. The van der Waals surface area contributed by atoms with Crippen LogP contribution in [0.5, 0.6) is 0 Å². The average molecular weight is 261 g/mol. The van der Waals surface area contributed by atoms with Crippen LogP contribution in [0.25, 0.3) is 0 Å². The first-order valence-corrected chi connectivity index (χ1v) is 7.41. The van der Waals surface area contributed by atoms with Crippen LogP contribution >= 0.6 is 0 Å². The van der Waals surface area contributed by atoms with Crippen molar-refractivity contribution in [3.8, 4) is 0 Å². The molecule has 3 rings (SSSR count). The number of aliphatic hydroxyl groups is 1. The Morgan fingerprint density at radius 2 is 2.11 bits per heavy atom. The zero-order valence-electron chi connectivity index (χ0n) is 11.7. The molecule has 104 valence electrons. The topological polar surface area (TPSA) is 58.0 Å². The van der Waals surface area contributed by atoms with Crippen molar-refractivity contribution in [1.29, 1.82) is 0 Å². The molecule has 4 heteroatoms. The van der Waals surface area contributed by atoms with E-state index >= 15 is 0 Å². The van der Waals surface area contributed by atoms with Crippen LogP contribution < -0.4 is 5.32 Å². The largest absolute Gasteiger partial charge is 0.396 e. The number of rotatable bonds is 5. The molecule has 2 aliphatic carbocycles. The van der Waals surface area contributed by atoms with E-state index < -0.39 is 0 Å². The Morgan fingerprint density at radius 1 is 1.32 bits per heavy atom. The zero-order valence-corrected chi connectivity index (χ0v) is 11.7. The molecular formula is C15H23N3O. The van der Waals surface area contributed by atoms with Crippen LogP contribution in [0.1, 0.15) is 55.8 Å². The second-order valence-corrected chi connectivity index (χ2v) is 6.25. The Kier molecular flexibility index (Phi) is 3.44. The van der Waals surface area contributed by atoms with Crippen LogP contribution in [0.15, 0.2) is 6.07 Å². The molecule has 0 aromatic carbocycles. The molecule has 0 atom stereocenters. The van der Waals surface area contributed by atoms with E-state index in [0.717, 1.165) is 31.0 Å². The number of nitrogens with zero attached hydrogens (tertiary/aromatic N) is 2. The van der Waals surface area contributed by atoms with Crippen LogP contribution in [-0.4, -0.2) is 28.2 Å². The first-order valence-electron chi connectivity index (χ1n) is 7.41. The van der Waals surface area contributed by atoms with Gasteiger partial charge in [-0.2, -0.15) is 0 Å². The third kappa shape index (κ3) is 2.59. The van der Waals surface area contributed by atoms with Crippen molar-refractivity contribution >= 4 is 5.95 Å². The number of aromatic nitrogens is 2. The van der Waals surface area contributed by atoms with Crippen molar-refractivity contribution in [1.82, 2.24) is 9.97 Å². The summed E-state index contributed by atoms with van der Waals surface area (Å²) in [6.07, 6.45) is 7.29. The van der Waals surface area contributed by atoms with E-state index in [2.05, 4.69) is 21.4 Å². The fraction of sp³-hybridized carbons (Fsp3) is 0.733. The summed E-state index contributed by atoms with van der Waals surface area (Å²) in [5.74, 6) is 1.37. The van der Waals surface area contributed by atoms with E-state index in [-0.39, 0.29) is 12.0 Å². The van der Waals surface area contributed by atoms with Gasteiger partial charge in [-0.25, -0.2) is 9.97 Å². The highest BCUT2D eigenvalue weighted by molar-refractivity contribution is 5.30. The van der Waals surface area contributed by atoms with Gasteiger partial charge in [0.25, 0.3) is 0 Å². The molecule has 19 heavy (non-hydrogen) atoms. The summed E-state index contributed by atoms with van der Waals surface area (Å²) in [7, 11) is 0. The molecule has 1 aromatic rings. The smallest absolute Gasteiger partial charge is 0.223 e. The lowest BCUT2D eigenvalue weighted by Crippen LogP contribution is -2.40. The number of nitrogens with one attached hydrogen (secondary N) is 1. The van der Waals surface area contributed by atoms with Gasteiger partial charge >= 0.3 is 0 Å². The molecule has 0 spiro atoms. The molecule has 1 heterocycles. The Morgan fingerprint density at radius 3 is 2.63 bits per heavy atom. The van der Waals surface area contributed by atoms with Crippen molar-refractivity contribution in [2.75, 3.05) is 18.5 Å². The van der Waals surface area contributed by atoms with Gasteiger partial charge in [-0.1, -0.05) is 12.8 Å². The normalized spacial score (nSPS) is 21.6. The summed E-state index contributed by atoms with van der Waals surface area (Å²) in [6, 6.07) is 2.11. The predicted molar refractivity (Wildman–Crippen MR) is 75.2 cm³/mol. The van der Waals surface area contributed by atoms with Crippen LogP contribution in [0.3, 0.4) is 0 Å². The molecule has 0 bridgehead atoms. The van der Waals surface area contributed by atoms with E-state index in [1.54, 1.807) is 0 Å². The number of hydrogen-bond acceptors (Lipinski definition) is 4. The molecule has 2 fully saturated rings. The van der Waals surface area contributed by atoms with Gasteiger partial charge in [-0.05, 0) is 38.7 Å². The van der Waals surface area contributed by atoms with Gasteiger partial charge in [-0.15, -0.1) is 0 Å². The van der Waals surface area contributed by atoms with Crippen molar-refractivity contribution in [3.05, 3.63) is 17.5 Å². The van der Waals surface area contributed by atoms with Crippen LogP contribution in [-0.2, 0) is 0 Å². The summed E-state index contributed by atoms with van der Waals surface area (Å²) >= 11 is 0. The minimum absolute atomic E-state index is 0.0732. The van der Waals surface area contributed by atoms with Gasteiger partial charge in [0.1, 0.15) is 0 Å². The molecule has 0 aliphatic heterocycles. The molecule has 0 amide bonds. The second-order valence-electron chi connectivity index (χ2n) is 6.25. The fourth-order valence-electron chi connectivity index (χ4n) is 2.92. The number of hydrogen-bond donors (Lipinski definition) is 2. The summed E-state index contributed by atoms with van der Waals surface area (Å²) in [4.78, 5) is 9.11. The Hall–Kier alpha value is -1.16. The average Bonchev–Trinajstić information content (AvgIpc) is 2.25. The SMILES string of the molecule is Cc1cc(C2CCC2)nc(NCC2(CO)CCC2)n1. The molecule has 2 N–H and O–H groups in total. The maximum absolute atomic E-state index is 9.48. The summed E-state index contributed by atoms with van der Waals surface area (Å²) < 4.78 is 0. The molecule has 4 nitrogen and oxygen atoms in total. The van der Waals surface area contributed by atoms with Crippen molar-refractivity contribution in [2.24, 2.45) is 5.41 Å². The summed E-state index contributed by atoms with van der Waals surface area (Å²) in [6.45, 7) is 3.08. The maximum Gasteiger partial charge on any atom is 0.223 e. The van der Waals surface area contributed by atoms with Crippen LogP contribution in [0.4, 0.5) is 5.95 Å². The quantitative estimate of drug-likeness (QED) is 0.855. The number of anilines is 1. The van der Waals surface area contributed by atoms with Crippen LogP contribution in [0, 0.1) is 12.3 Å². The van der Waals surface area contributed by atoms with E-state index in [1.165, 1.54) is 31.4 Å². The first kappa shape index (κ1) is 12.9. The Labute approximate surface area is 114 Å². The van der Waals surface area contributed by atoms with Gasteiger partial charge in [0.2, 0.25) is 5.95 Å². The van der Waals surface area contributed by atoms with Gasteiger partial charge < -0.3 is 10.4 Å². The third-order valence-electron chi connectivity index (χ3n) is 4.77. The molecule has 1 aromatic heterocycles. The standard InChI is InChI=1S/C15H23N3O/c1-11-8-13(12-4-2-5-12)18-14(17-11)16-9-15(10-19)6-3-7-15/h8,12,19H,2-7,9-10H2,1H3,(H,16,17,18). The van der Waals surface area contributed by atoms with Crippen molar-refractivity contribution < 1.29 is 5.11 Å². The lowest BCUT2D eigenvalue weighted by Gasteiger charge is -2.40. The third-order valence-corrected chi connectivity index (χ3v) is 4.77. The Balaban J connectivity index is 1.68. The van der Waals surface area contributed by atoms with Gasteiger partial charge in [0.05, 0.1) is 6.61 Å². The van der Waals surface area contributed by atoms with Gasteiger partial charge in [0, 0.05) is 29.3 Å². The van der Waals surface area contributed by atoms with Crippen molar-refractivity contribution in [3.63, 3.8) is 0 Å². The van der Waals surface area contributed by atoms with Crippen molar-refractivity contribution in [2.45, 2.75) is 51.4 Å². The lowest BCUT2D eigenvalue weighted by atomic mass is 9.69. The van der Waals surface area contributed by atoms with Gasteiger partial charge in [0.15, 0.2) is 0 Å². The highest BCUT2D eigenvalue weighted by Crippen LogP contribution is 2.40. The summed E-state index contributed by atoms with van der Waals surface area (Å²) in [5, 5.41) is 12.8. The second kappa shape index (κ2) is 5.08. The lowest BCUT2D eigenvalue weighted by molar-refractivity contribution is 0.0575. The minimum atomic E-state index is 0.0732. The van der Waals surface area contributed by atoms with Gasteiger partial charge in [-0.3, -0.25) is 0 Å². The fourth-order valence-corrected chi connectivity index (χ4v) is 2.92. The first-order chi connectivity index (χ1) is 9.21. The molecule has 0 saturated heterocycles. The van der Waals surface area contributed by atoms with E-state index in [9.17, 15) is 5.11 Å². The van der Waals surface area contributed by atoms with E-state index in [4.69, 9.17) is 0 Å². The molecule has 2 aliphatic rings. The highest BCUT2D eigenvalue weighted by atomic mass is 16.3. The zero-order chi connectivity index (χ0) is 13.3. The highest BCUT2D eigenvalue weighted by Gasteiger charge is 2.36. The van der Waals surface area contributed by atoms with Crippen LogP contribution in [0.2, 0.25) is 0 Å². The molecular weight excluding hydrogens is 238 g/mol. The molecule has 2 saturated carbocycles. The number of aryl methyl sites for hydroxylation is 1. The molecule has 0 unspecified atom stereocenters. The maximum atomic E-state index is 9.48. The number of aliphatic hydroxyl groups excluding tert-OH is 1. The van der Waals surface area contributed by atoms with E-state index in [0.29, 0.717) is 5.92 Å².